The zero-order valence-corrected chi connectivity index (χ0v) is 26.0. The number of thioether (sulfide) groups is 6. The lowest BCUT2D eigenvalue weighted by Gasteiger charge is -2.44. The van der Waals surface area contributed by atoms with E-state index in [9.17, 15) is 0 Å². The van der Waals surface area contributed by atoms with Crippen molar-refractivity contribution in [3.63, 3.8) is 0 Å². The summed E-state index contributed by atoms with van der Waals surface area (Å²) in [6, 6.07) is 0. The monoisotopic (exact) mass is 538 g/mol. The average molecular weight is 539 g/mol. The first-order chi connectivity index (χ1) is 14.3. The second-order valence-corrected chi connectivity index (χ2v) is 21.2. The standard InChI is InChI=1S/C25H46S6/c1-22(2,16-24(5,6)30-13-19-11-26-19)9-18-10-29-21(15-28-18)23(3,4)17-25(7,8)31-14-20-12-27-20/h18-21H,9-17H2,1-8H3. The van der Waals surface area contributed by atoms with Crippen LogP contribution >= 0.6 is 70.6 Å². The predicted octanol–water partition coefficient (Wildman–Crippen LogP) is 8.68. The van der Waals surface area contributed by atoms with Gasteiger partial charge in [0.1, 0.15) is 0 Å². The summed E-state index contributed by atoms with van der Waals surface area (Å²) in [6.45, 7) is 20.1. The maximum atomic E-state index is 2.54. The summed E-state index contributed by atoms with van der Waals surface area (Å²) in [5.41, 5.74) is 0.859. The van der Waals surface area contributed by atoms with Crippen LogP contribution in [0.2, 0.25) is 0 Å². The fourth-order valence-electron chi connectivity index (χ4n) is 5.23. The van der Waals surface area contributed by atoms with Crippen LogP contribution in [0.25, 0.3) is 0 Å². The molecule has 0 amide bonds. The second kappa shape index (κ2) is 11.0. The van der Waals surface area contributed by atoms with Crippen LogP contribution in [0.3, 0.4) is 0 Å². The molecule has 31 heavy (non-hydrogen) atoms. The van der Waals surface area contributed by atoms with Crippen LogP contribution in [0.4, 0.5) is 0 Å². The third kappa shape index (κ3) is 10.3. The quantitative estimate of drug-likeness (QED) is 0.214. The summed E-state index contributed by atoms with van der Waals surface area (Å²) in [5.74, 6) is 8.19. The highest BCUT2D eigenvalue weighted by atomic mass is 32.2. The molecule has 0 aliphatic carbocycles. The molecule has 3 aliphatic heterocycles. The molecule has 0 aromatic carbocycles. The minimum Gasteiger partial charge on any atom is -0.157 e. The van der Waals surface area contributed by atoms with Crippen LogP contribution in [-0.4, -0.2) is 65.0 Å². The lowest BCUT2D eigenvalue weighted by molar-refractivity contribution is 0.279. The Morgan fingerprint density at radius 1 is 0.613 bits per heavy atom. The van der Waals surface area contributed by atoms with Gasteiger partial charge < -0.3 is 0 Å². The number of hydrogen-bond acceptors (Lipinski definition) is 6. The zero-order chi connectivity index (χ0) is 22.9. The normalized spacial score (nSPS) is 29.8. The molecular weight excluding hydrogens is 493 g/mol. The Morgan fingerprint density at radius 2 is 1.10 bits per heavy atom. The van der Waals surface area contributed by atoms with Crippen LogP contribution in [-0.2, 0) is 0 Å². The molecule has 0 aromatic heterocycles. The maximum Gasteiger partial charge on any atom is 0.0229 e. The molecule has 3 aliphatic rings. The fourth-order valence-corrected chi connectivity index (χ4v) is 13.5. The van der Waals surface area contributed by atoms with Crippen LogP contribution in [0, 0.1) is 10.8 Å². The van der Waals surface area contributed by atoms with Crippen LogP contribution in [0.1, 0.15) is 74.7 Å². The van der Waals surface area contributed by atoms with Crippen molar-refractivity contribution in [1.29, 1.82) is 0 Å². The Bertz CT molecular complexity index is 569. The van der Waals surface area contributed by atoms with Crippen molar-refractivity contribution in [2.24, 2.45) is 10.8 Å². The van der Waals surface area contributed by atoms with E-state index in [1.54, 1.807) is 0 Å². The molecule has 0 spiro atoms. The van der Waals surface area contributed by atoms with E-state index < -0.39 is 0 Å². The summed E-state index contributed by atoms with van der Waals surface area (Å²) < 4.78 is 0.810. The van der Waals surface area contributed by atoms with Crippen molar-refractivity contribution in [2.45, 2.75) is 105 Å². The average Bonchev–Trinajstić information content (AvgIpc) is 3.52. The first kappa shape index (κ1) is 27.7. The molecule has 0 radical (unpaired) electrons. The Kier molecular flexibility index (Phi) is 9.83. The number of hydrogen-bond donors (Lipinski definition) is 0. The van der Waals surface area contributed by atoms with Crippen LogP contribution in [0.5, 0.6) is 0 Å². The molecule has 3 heterocycles. The largest absolute Gasteiger partial charge is 0.157 e. The Morgan fingerprint density at radius 3 is 1.55 bits per heavy atom. The third-order valence-electron chi connectivity index (χ3n) is 6.53. The molecule has 0 N–H and O–H groups in total. The van der Waals surface area contributed by atoms with Crippen molar-refractivity contribution < 1.29 is 0 Å². The third-order valence-corrected chi connectivity index (χ3v) is 15.4. The molecule has 3 fully saturated rings. The van der Waals surface area contributed by atoms with E-state index in [1.807, 2.05) is 0 Å². The Hall–Kier alpha value is 2.10. The van der Waals surface area contributed by atoms with E-state index in [1.165, 1.54) is 53.8 Å². The van der Waals surface area contributed by atoms with Gasteiger partial charge in [-0.1, -0.05) is 55.4 Å². The Labute approximate surface area is 219 Å². The minimum absolute atomic E-state index is 0.402. The van der Waals surface area contributed by atoms with Gasteiger partial charge in [-0.2, -0.15) is 70.6 Å². The smallest absolute Gasteiger partial charge is 0.0229 e. The topological polar surface area (TPSA) is 0 Å². The molecule has 0 nitrogen and oxygen atoms in total. The van der Waals surface area contributed by atoms with Gasteiger partial charge in [0.15, 0.2) is 0 Å². The van der Waals surface area contributed by atoms with Gasteiger partial charge in [-0.25, -0.2) is 0 Å². The van der Waals surface area contributed by atoms with E-state index in [0.717, 1.165) is 21.0 Å². The summed E-state index contributed by atoms with van der Waals surface area (Å²) in [6.07, 6.45) is 4.05. The predicted molar refractivity (Wildman–Crippen MR) is 159 cm³/mol. The van der Waals surface area contributed by atoms with Crippen molar-refractivity contribution in [3.05, 3.63) is 0 Å². The molecule has 4 atom stereocenters. The van der Waals surface area contributed by atoms with E-state index >= 15 is 0 Å². The van der Waals surface area contributed by atoms with Gasteiger partial charge in [-0.3, -0.25) is 0 Å². The number of rotatable bonds is 13. The van der Waals surface area contributed by atoms with Gasteiger partial charge in [0.25, 0.3) is 0 Å². The van der Waals surface area contributed by atoms with E-state index in [-0.39, 0.29) is 0 Å². The SMILES string of the molecule is CC(C)(CC1CSC(C(C)(C)CC(C)(C)SCC2CS2)CS1)CC(C)(C)SCC1CS1. The van der Waals surface area contributed by atoms with Gasteiger partial charge in [-0.15, -0.1) is 0 Å². The summed E-state index contributed by atoms with van der Waals surface area (Å²) in [7, 11) is 0. The molecule has 3 rings (SSSR count). The first-order valence-electron chi connectivity index (χ1n) is 12.0. The van der Waals surface area contributed by atoms with Gasteiger partial charge in [0, 0.05) is 65.0 Å². The zero-order valence-electron chi connectivity index (χ0n) is 21.1. The van der Waals surface area contributed by atoms with Gasteiger partial charge in [0.2, 0.25) is 0 Å². The van der Waals surface area contributed by atoms with Gasteiger partial charge in [0.05, 0.1) is 0 Å². The van der Waals surface area contributed by atoms with E-state index in [0.29, 0.717) is 20.3 Å². The molecular formula is C25H46S6. The molecule has 0 aromatic rings. The fraction of sp³-hybridized carbons (Fsp3) is 1.00. The van der Waals surface area contributed by atoms with Crippen molar-refractivity contribution in [3.8, 4) is 0 Å². The lowest BCUT2D eigenvalue weighted by Crippen LogP contribution is -2.39. The molecule has 6 heteroatoms. The molecule has 182 valence electrons. The maximum absolute atomic E-state index is 2.54. The summed E-state index contributed by atoms with van der Waals surface area (Å²) in [5, 5.41) is 3.54. The highest BCUT2D eigenvalue weighted by Crippen LogP contribution is 2.50. The van der Waals surface area contributed by atoms with Crippen LogP contribution < -0.4 is 0 Å². The molecule has 3 saturated heterocycles. The lowest BCUT2D eigenvalue weighted by atomic mass is 9.80. The highest BCUT2D eigenvalue weighted by molar-refractivity contribution is 8.09. The van der Waals surface area contributed by atoms with Crippen LogP contribution in [0.15, 0.2) is 0 Å². The molecule has 4 unspecified atom stereocenters. The first-order valence-corrected chi connectivity index (χ1v) is 18.2. The van der Waals surface area contributed by atoms with E-state index in [4.69, 9.17) is 0 Å². The molecule has 0 saturated carbocycles. The van der Waals surface area contributed by atoms with E-state index in [2.05, 4.69) is 126 Å². The van der Waals surface area contributed by atoms with Crippen molar-refractivity contribution in [1.82, 2.24) is 0 Å². The van der Waals surface area contributed by atoms with Gasteiger partial charge in [-0.05, 0) is 30.1 Å². The summed E-state index contributed by atoms with van der Waals surface area (Å²) in [4.78, 5) is 0. The molecule has 0 bridgehead atoms. The Balaban J connectivity index is 1.41. The summed E-state index contributed by atoms with van der Waals surface area (Å²) >= 11 is 13.3. The van der Waals surface area contributed by atoms with Crippen molar-refractivity contribution >= 4 is 70.6 Å². The highest BCUT2D eigenvalue weighted by Gasteiger charge is 2.40. The van der Waals surface area contributed by atoms with Gasteiger partial charge >= 0.3 is 0 Å². The van der Waals surface area contributed by atoms with Crippen molar-refractivity contribution in [2.75, 3.05) is 34.5 Å². The minimum atomic E-state index is 0.402. The second-order valence-electron chi connectivity index (χ2n) is 12.5.